The number of amides is 1. The fraction of sp³-hybridized carbons (Fsp3) is 0.400. The van der Waals surface area contributed by atoms with E-state index >= 15 is 0 Å². The van der Waals surface area contributed by atoms with Gasteiger partial charge in [-0.25, -0.2) is 4.98 Å². The Balaban J connectivity index is 0.000000348. The molecule has 5 N–H and O–H groups in total. The Labute approximate surface area is 218 Å². The van der Waals surface area contributed by atoms with Crippen molar-refractivity contribution in [3.05, 3.63) is 78.0 Å². The number of carbonyl (C=O) groups excluding carboxylic acids is 1. The van der Waals surface area contributed by atoms with Crippen LogP contribution in [0.4, 0.5) is 17.2 Å². The average Bonchev–Trinajstić information content (AvgIpc) is 2.86. The average molecular weight is 501 g/mol. The van der Waals surface area contributed by atoms with Crippen LogP contribution in [0, 0.1) is 24.7 Å². The summed E-state index contributed by atoms with van der Waals surface area (Å²) in [6.07, 6.45) is 6.44. The molecule has 1 amide bonds. The number of aryl methyl sites for hydroxylation is 1. The van der Waals surface area contributed by atoms with Crippen LogP contribution in [0.2, 0.25) is 0 Å². The van der Waals surface area contributed by atoms with Crippen molar-refractivity contribution in [1.29, 1.82) is 0 Å². The maximum atomic E-state index is 12.0. The van der Waals surface area contributed by atoms with Gasteiger partial charge in [-0.2, -0.15) is 0 Å². The summed E-state index contributed by atoms with van der Waals surface area (Å²) in [5, 5.41) is 17.7. The summed E-state index contributed by atoms with van der Waals surface area (Å²) < 4.78 is 5.20. The summed E-state index contributed by atoms with van der Waals surface area (Å²) in [7, 11) is 1.63. The Morgan fingerprint density at radius 3 is 2.27 bits per heavy atom. The van der Waals surface area contributed by atoms with Crippen molar-refractivity contribution in [2.24, 2.45) is 23.5 Å². The van der Waals surface area contributed by atoms with E-state index < -0.39 is 11.5 Å². The number of ether oxygens (including phenoxy) is 1. The van der Waals surface area contributed by atoms with Gasteiger partial charge in [0.05, 0.1) is 24.0 Å². The molecule has 2 unspecified atom stereocenters. The van der Waals surface area contributed by atoms with Crippen molar-refractivity contribution in [3.63, 3.8) is 0 Å². The van der Waals surface area contributed by atoms with E-state index in [9.17, 15) is 9.90 Å². The SMILES string of the molecule is COc1ccc(Nc2cc(NC3C4CC5CC3CC(O)(C5)C4)c(C(N)=O)cn2)cc1.Cc1ccccc1. The highest BCUT2D eigenvalue weighted by molar-refractivity contribution is 5.98. The summed E-state index contributed by atoms with van der Waals surface area (Å²) in [4.78, 5) is 16.4. The first-order chi connectivity index (χ1) is 17.8. The van der Waals surface area contributed by atoms with Crippen molar-refractivity contribution in [3.8, 4) is 5.75 Å². The van der Waals surface area contributed by atoms with Crippen LogP contribution < -0.4 is 21.1 Å². The largest absolute Gasteiger partial charge is 0.497 e. The Hall–Kier alpha value is -3.58. The molecule has 0 radical (unpaired) electrons. The van der Waals surface area contributed by atoms with Gasteiger partial charge >= 0.3 is 0 Å². The summed E-state index contributed by atoms with van der Waals surface area (Å²) in [5.41, 5.74) is 8.43. The van der Waals surface area contributed by atoms with E-state index in [-0.39, 0.29) is 6.04 Å². The van der Waals surface area contributed by atoms with E-state index in [4.69, 9.17) is 10.5 Å². The number of carbonyl (C=O) groups is 1. The summed E-state index contributed by atoms with van der Waals surface area (Å²) in [5.74, 6) is 2.40. The first kappa shape index (κ1) is 25.1. The van der Waals surface area contributed by atoms with Crippen molar-refractivity contribution in [1.82, 2.24) is 4.98 Å². The highest BCUT2D eigenvalue weighted by Gasteiger charge is 2.54. The van der Waals surface area contributed by atoms with Gasteiger partial charge < -0.3 is 26.2 Å². The zero-order valence-corrected chi connectivity index (χ0v) is 21.5. The molecule has 37 heavy (non-hydrogen) atoms. The minimum absolute atomic E-state index is 0.246. The van der Waals surface area contributed by atoms with Gasteiger partial charge in [-0.3, -0.25) is 4.79 Å². The van der Waals surface area contributed by atoms with Gasteiger partial charge in [-0.05, 0) is 81.0 Å². The number of nitrogens with two attached hydrogens (primary N) is 1. The van der Waals surface area contributed by atoms with E-state index in [1.165, 1.54) is 11.8 Å². The van der Waals surface area contributed by atoms with Crippen LogP contribution in [0.1, 0.15) is 48.0 Å². The van der Waals surface area contributed by atoms with Crippen molar-refractivity contribution >= 4 is 23.1 Å². The fourth-order valence-corrected chi connectivity index (χ4v) is 6.59. The van der Waals surface area contributed by atoms with Gasteiger partial charge in [-0.15, -0.1) is 0 Å². The number of hydrogen-bond acceptors (Lipinski definition) is 6. The third-order valence-corrected chi connectivity index (χ3v) is 8.04. The highest BCUT2D eigenvalue weighted by atomic mass is 16.5. The molecule has 4 aliphatic rings. The normalized spacial score (nSPS) is 27.1. The number of hydrogen-bond donors (Lipinski definition) is 4. The Bertz CT molecular complexity index is 1220. The quantitative estimate of drug-likeness (QED) is 0.367. The lowest BCUT2D eigenvalue weighted by Crippen LogP contribution is -2.59. The molecule has 194 valence electrons. The molecule has 4 aliphatic carbocycles. The smallest absolute Gasteiger partial charge is 0.252 e. The number of benzene rings is 2. The topological polar surface area (TPSA) is 109 Å². The van der Waals surface area contributed by atoms with Crippen LogP contribution in [-0.4, -0.2) is 34.8 Å². The van der Waals surface area contributed by atoms with Crippen molar-refractivity contribution in [2.75, 3.05) is 17.7 Å². The number of pyridine rings is 1. The third-order valence-electron chi connectivity index (χ3n) is 8.04. The number of nitrogens with one attached hydrogen (secondary N) is 2. The molecule has 4 bridgehead atoms. The maximum absolute atomic E-state index is 12.0. The van der Waals surface area contributed by atoms with E-state index in [0.29, 0.717) is 34.8 Å². The zero-order valence-electron chi connectivity index (χ0n) is 21.5. The Morgan fingerprint density at radius 2 is 1.73 bits per heavy atom. The lowest BCUT2D eigenvalue weighted by molar-refractivity contribution is -0.129. The molecule has 2 aromatic carbocycles. The fourth-order valence-electron chi connectivity index (χ4n) is 6.59. The van der Waals surface area contributed by atoms with E-state index in [1.54, 1.807) is 7.11 Å². The standard InChI is InChI=1S/C23H28N4O3.C7H8/c1-30-17-4-2-16(3-5-17)26-20-8-19(18(12-25-20)22(24)28)27-21-14-6-13-7-15(21)11-23(29,9-13)10-14;1-7-5-3-2-4-6-7/h2-5,8,12-15,21,29H,6-7,9-11H2,1H3,(H2,24,28)(H2,25,26,27);2-6H,1H3. The second kappa shape index (κ2) is 10.4. The minimum Gasteiger partial charge on any atom is -0.497 e. The molecule has 0 saturated heterocycles. The number of aromatic nitrogens is 1. The van der Waals surface area contributed by atoms with Gasteiger partial charge in [0.2, 0.25) is 0 Å². The summed E-state index contributed by atoms with van der Waals surface area (Å²) in [6, 6.07) is 19.9. The number of rotatable bonds is 6. The van der Waals surface area contributed by atoms with Crippen LogP contribution >= 0.6 is 0 Å². The second-order valence-corrected chi connectivity index (χ2v) is 10.9. The predicted octanol–water partition coefficient (Wildman–Crippen LogP) is 5.28. The molecular weight excluding hydrogens is 464 g/mol. The molecule has 2 atom stereocenters. The van der Waals surface area contributed by atoms with Crippen molar-refractivity contribution in [2.45, 2.75) is 50.7 Å². The van der Waals surface area contributed by atoms with E-state index in [1.807, 2.05) is 48.5 Å². The predicted molar refractivity (Wildman–Crippen MR) is 146 cm³/mol. The van der Waals surface area contributed by atoms with Crippen LogP contribution in [0.25, 0.3) is 0 Å². The minimum atomic E-state index is -0.497. The van der Waals surface area contributed by atoms with Gasteiger partial charge in [-0.1, -0.05) is 35.9 Å². The van der Waals surface area contributed by atoms with Crippen LogP contribution in [0.15, 0.2) is 66.9 Å². The molecule has 0 spiro atoms. The first-order valence-electron chi connectivity index (χ1n) is 13.0. The molecule has 7 nitrogen and oxygen atoms in total. The molecule has 0 aliphatic heterocycles. The lowest BCUT2D eigenvalue weighted by Gasteiger charge is -2.58. The number of primary amides is 1. The van der Waals surface area contributed by atoms with E-state index in [2.05, 4.69) is 34.7 Å². The van der Waals surface area contributed by atoms with Crippen LogP contribution in [0.5, 0.6) is 5.75 Å². The van der Waals surface area contributed by atoms with Gasteiger partial charge in [0.25, 0.3) is 5.91 Å². The maximum Gasteiger partial charge on any atom is 0.252 e. The molecule has 4 saturated carbocycles. The van der Waals surface area contributed by atoms with Crippen LogP contribution in [0.3, 0.4) is 0 Å². The van der Waals surface area contributed by atoms with E-state index in [0.717, 1.165) is 43.5 Å². The molecule has 3 aromatic rings. The summed E-state index contributed by atoms with van der Waals surface area (Å²) >= 11 is 0. The lowest BCUT2D eigenvalue weighted by atomic mass is 9.52. The summed E-state index contributed by atoms with van der Waals surface area (Å²) in [6.45, 7) is 2.08. The molecule has 7 rings (SSSR count). The molecular formula is C30H36N4O3. The zero-order chi connectivity index (χ0) is 26.0. The van der Waals surface area contributed by atoms with Crippen molar-refractivity contribution < 1.29 is 14.6 Å². The van der Waals surface area contributed by atoms with Gasteiger partial charge in [0.1, 0.15) is 11.6 Å². The Kier molecular flexibility index (Phi) is 7.07. The third kappa shape index (κ3) is 5.72. The highest BCUT2D eigenvalue weighted by Crippen LogP contribution is 2.56. The molecule has 1 aromatic heterocycles. The van der Waals surface area contributed by atoms with Crippen LogP contribution in [-0.2, 0) is 0 Å². The number of anilines is 3. The molecule has 1 heterocycles. The number of methoxy groups -OCH3 is 1. The number of nitrogens with zero attached hydrogens (tertiary/aromatic N) is 1. The Morgan fingerprint density at radius 1 is 1.05 bits per heavy atom. The van der Waals surface area contributed by atoms with Gasteiger partial charge in [0, 0.05) is 24.0 Å². The van der Waals surface area contributed by atoms with Gasteiger partial charge in [0.15, 0.2) is 0 Å². The molecule has 4 fully saturated rings. The monoisotopic (exact) mass is 500 g/mol. The molecule has 7 heteroatoms. The number of aliphatic hydroxyl groups is 1. The first-order valence-corrected chi connectivity index (χ1v) is 13.0. The second-order valence-electron chi connectivity index (χ2n) is 10.9.